The number of unbranched alkanes of at least 4 members (excludes halogenated alkanes) is 28. The van der Waals surface area contributed by atoms with Crippen molar-refractivity contribution in [2.75, 3.05) is 40.9 Å². The Balaban J connectivity index is 5.38. The van der Waals surface area contributed by atoms with Gasteiger partial charge in [0.25, 0.3) is 7.82 Å². The van der Waals surface area contributed by atoms with Gasteiger partial charge in [0.2, 0.25) is 5.91 Å². The first kappa shape index (κ1) is 65.7. The minimum atomic E-state index is -4.70. The van der Waals surface area contributed by atoms with E-state index in [0.717, 1.165) is 89.9 Å². The summed E-state index contributed by atoms with van der Waals surface area (Å²) in [5.74, 6) is -0.570. The Bertz CT molecular complexity index is 1350. The van der Waals surface area contributed by atoms with E-state index in [1.807, 2.05) is 39.4 Å². The Morgan fingerprint density at radius 1 is 0.529 bits per heavy atom. The van der Waals surface area contributed by atoms with E-state index in [1.54, 1.807) is 0 Å². The fourth-order valence-corrected chi connectivity index (χ4v) is 8.59. The Morgan fingerprint density at radius 3 is 1.44 bits per heavy atom. The van der Waals surface area contributed by atoms with Crippen LogP contribution in [-0.2, 0) is 27.9 Å². The number of nitrogens with one attached hydrogen (secondary N) is 1. The van der Waals surface area contributed by atoms with E-state index >= 15 is 0 Å². The molecular formula is C58H107N2O7P. The molecule has 0 radical (unpaired) electrons. The molecule has 0 aromatic rings. The van der Waals surface area contributed by atoms with Crippen LogP contribution in [0.1, 0.15) is 245 Å². The number of allylic oxidation sites excluding steroid dienone is 9. The fourth-order valence-electron chi connectivity index (χ4n) is 7.87. The molecule has 3 atom stereocenters. The molecule has 0 bridgehead atoms. The fraction of sp³-hybridized carbons (Fsp3) is 0.793. The lowest BCUT2D eigenvalue weighted by Gasteiger charge is -2.30. The van der Waals surface area contributed by atoms with Crippen LogP contribution in [0, 0.1) is 0 Å². The SMILES string of the molecule is CC/C=C/C=C/C=C\CCCCCCCC(=O)NC(COP(=O)([O-])OCC[N+](C)(C)C)C(/C=C/CCCCCCCCCCCC)OC(=O)CCCCCCCCC/C=C/CCCCCCCC. The number of amides is 1. The number of hydrogen-bond acceptors (Lipinski definition) is 7. The van der Waals surface area contributed by atoms with Gasteiger partial charge in [0.05, 0.1) is 33.8 Å². The van der Waals surface area contributed by atoms with Gasteiger partial charge >= 0.3 is 5.97 Å². The van der Waals surface area contributed by atoms with E-state index in [-0.39, 0.29) is 24.9 Å². The number of likely N-dealkylation sites (N-methyl/N-ethyl adjacent to an activating group) is 1. The van der Waals surface area contributed by atoms with Gasteiger partial charge in [0, 0.05) is 12.8 Å². The number of carbonyl (C=O) groups is 2. The van der Waals surface area contributed by atoms with Crippen molar-refractivity contribution in [2.45, 2.75) is 258 Å². The molecule has 10 heteroatoms. The lowest BCUT2D eigenvalue weighted by molar-refractivity contribution is -0.870. The molecule has 0 rings (SSSR count). The number of phosphoric ester groups is 1. The van der Waals surface area contributed by atoms with Crippen molar-refractivity contribution in [1.82, 2.24) is 5.32 Å². The molecule has 0 saturated carbocycles. The maximum absolute atomic E-state index is 13.4. The van der Waals surface area contributed by atoms with Crippen LogP contribution in [0.4, 0.5) is 0 Å². The van der Waals surface area contributed by atoms with Gasteiger partial charge < -0.3 is 28.5 Å². The third-order valence-electron chi connectivity index (χ3n) is 12.2. The van der Waals surface area contributed by atoms with E-state index in [4.69, 9.17) is 13.8 Å². The van der Waals surface area contributed by atoms with E-state index in [9.17, 15) is 19.0 Å². The smallest absolute Gasteiger partial charge is 0.306 e. The second-order valence-corrected chi connectivity index (χ2v) is 21.5. The van der Waals surface area contributed by atoms with Crippen molar-refractivity contribution in [2.24, 2.45) is 0 Å². The first-order valence-electron chi connectivity index (χ1n) is 28.1. The molecule has 0 heterocycles. The molecule has 0 aliphatic heterocycles. The highest BCUT2D eigenvalue weighted by molar-refractivity contribution is 7.45. The zero-order valence-electron chi connectivity index (χ0n) is 45.1. The van der Waals surface area contributed by atoms with Gasteiger partial charge in [-0.15, -0.1) is 0 Å². The number of rotatable bonds is 50. The Kier molecular flexibility index (Phi) is 46.7. The summed E-state index contributed by atoms with van der Waals surface area (Å²) in [6, 6.07) is -0.900. The minimum absolute atomic E-state index is 0.0286. The summed E-state index contributed by atoms with van der Waals surface area (Å²) in [4.78, 5) is 39.8. The maximum atomic E-state index is 13.4. The summed E-state index contributed by atoms with van der Waals surface area (Å²) in [5.41, 5.74) is 0. The maximum Gasteiger partial charge on any atom is 0.306 e. The summed E-state index contributed by atoms with van der Waals surface area (Å²) < 4.78 is 30.2. The van der Waals surface area contributed by atoms with Crippen molar-refractivity contribution >= 4 is 19.7 Å². The zero-order valence-corrected chi connectivity index (χ0v) is 45.9. The molecule has 0 fully saturated rings. The molecule has 0 aliphatic rings. The molecule has 0 aromatic heterocycles. The van der Waals surface area contributed by atoms with Crippen LogP contribution in [0.15, 0.2) is 60.8 Å². The third-order valence-corrected chi connectivity index (χ3v) is 13.2. The zero-order chi connectivity index (χ0) is 50.1. The van der Waals surface area contributed by atoms with E-state index < -0.39 is 26.6 Å². The van der Waals surface area contributed by atoms with E-state index in [1.165, 1.54) is 116 Å². The summed E-state index contributed by atoms with van der Waals surface area (Å²) in [5, 5.41) is 3.00. The van der Waals surface area contributed by atoms with Gasteiger partial charge in [-0.25, -0.2) is 0 Å². The van der Waals surface area contributed by atoms with Crippen molar-refractivity contribution in [3.63, 3.8) is 0 Å². The van der Waals surface area contributed by atoms with Crippen LogP contribution < -0.4 is 10.2 Å². The summed E-state index contributed by atoms with van der Waals surface area (Å²) in [7, 11) is 1.16. The molecule has 3 unspecified atom stereocenters. The number of nitrogens with zero attached hydrogens (tertiary/aromatic N) is 1. The first-order chi connectivity index (χ1) is 32.9. The van der Waals surface area contributed by atoms with Gasteiger partial charge in [-0.05, 0) is 76.7 Å². The Hall–Kier alpha value is -2.29. The molecule has 0 aliphatic carbocycles. The summed E-state index contributed by atoms with van der Waals surface area (Å²) >= 11 is 0. The Labute approximate surface area is 420 Å². The second kappa shape index (κ2) is 48.3. The quantitative estimate of drug-likeness (QED) is 0.0161. The van der Waals surface area contributed by atoms with E-state index in [0.29, 0.717) is 23.9 Å². The number of ether oxygens (including phenoxy) is 1. The topological polar surface area (TPSA) is 114 Å². The first-order valence-corrected chi connectivity index (χ1v) is 29.6. The number of esters is 1. The van der Waals surface area contributed by atoms with Crippen molar-refractivity contribution in [1.29, 1.82) is 0 Å². The number of phosphoric acid groups is 1. The second-order valence-electron chi connectivity index (χ2n) is 20.1. The van der Waals surface area contributed by atoms with E-state index in [2.05, 4.69) is 68.6 Å². The van der Waals surface area contributed by atoms with Gasteiger partial charge in [-0.2, -0.15) is 0 Å². The number of carbonyl (C=O) groups excluding carboxylic acids is 2. The van der Waals surface area contributed by atoms with Crippen molar-refractivity contribution in [3.05, 3.63) is 60.8 Å². The molecule has 396 valence electrons. The average molecular weight is 975 g/mol. The number of hydrogen-bond donors (Lipinski definition) is 1. The van der Waals surface area contributed by atoms with Crippen LogP contribution in [0.2, 0.25) is 0 Å². The molecule has 1 N–H and O–H groups in total. The van der Waals surface area contributed by atoms with Crippen molar-refractivity contribution in [3.8, 4) is 0 Å². The lowest BCUT2D eigenvalue weighted by atomic mass is 10.0. The highest BCUT2D eigenvalue weighted by Gasteiger charge is 2.27. The monoisotopic (exact) mass is 975 g/mol. The van der Waals surface area contributed by atoms with Crippen LogP contribution >= 0.6 is 7.82 Å². The van der Waals surface area contributed by atoms with Crippen LogP contribution in [0.5, 0.6) is 0 Å². The van der Waals surface area contributed by atoms with Gasteiger partial charge in [0.1, 0.15) is 19.3 Å². The molecule has 0 spiro atoms. The molecule has 68 heavy (non-hydrogen) atoms. The normalized spacial score (nSPS) is 14.3. The van der Waals surface area contributed by atoms with Gasteiger partial charge in [0.15, 0.2) is 0 Å². The molecular weight excluding hydrogens is 868 g/mol. The molecule has 0 aromatic carbocycles. The minimum Gasteiger partial charge on any atom is -0.756 e. The molecule has 1 amide bonds. The van der Waals surface area contributed by atoms with Crippen LogP contribution in [0.25, 0.3) is 0 Å². The summed E-state index contributed by atoms with van der Waals surface area (Å²) in [6.45, 7) is 6.68. The lowest BCUT2D eigenvalue weighted by Crippen LogP contribution is -2.47. The standard InChI is InChI=1S/C58H107N2O7P/c1-7-10-13-16-19-22-25-28-29-30-31-33-36-39-42-45-48-51-58(62)67-56(49-46-43-40-37-34-27-24-21-18-15-12-9-3)55(54-66-68(63,64)65-53-52-60(4,5)6)59-57(61)50-47-44-41-38-35-32-26-23-20-17-14-11-8-2/h11,14,17,20,23,26,28-29,46,49,55-56H,7-10,12-13,15-16,18-19,21-22,24-25,27,30-45,47-48,50-54H2,1-6H3,(H-,59,61,63,64)/b14-11+,20-17+,26-23-,29-28+,49-46+. The van der Waals surface area contributed by atoms with Gasteiger partial charge in [-0.3, -0.25) is 14.2 Å². The predicted octanol–water partition coefficient (Wildman–Crippen LogP) is 16.1. The third kappa shape index (κ3) is 48.7. The highest BCUT2D eigenvalue weighted by atomic mass is 31.2. The predicted molar refractivity (Wildman–Crippen MR) is 289 cm³/mol. The Morgan fingerprint density at radius 2 is 0.956 bits per heavy atom. The summed E-state index contributed by atoms with van der Waals surface area (Å²) in [6.07, 6.45) is 59.0. The van der Waals surface area contributed by atoms with Gasteiger partial charge in [-0.1, -0.05) is 217 Å². The average Bonchev–Trinajstić information content (AvgIpc) is 3.29. The van der Waals surface area contributed by atoms with Crippen molar-refractivity contribution < 1.29 is 37.3 Å². The van der Waals surface area contributed by atoms with Crippen LogP contribution in [-0.4, -0.2) is 69.4 Å². The van der Waals surface area contributed by atoms with Crippen LogP contribution in [0.3, 0.4) is 0 Å². The highest BCUT2D eigenvalue weighted by Crippen LogP contribution is 2.38. The molecule has 0 saturated heterocycles. The largest absolute Gasteiger partial charge is 0.756 e. The number of quaternary nitrogens is 1. The molecule has 9 nitrogen and oxygen atoms in total.